The number of rotatable bonds is 1. The van der Waals surface area contributed by atoms with Crippen LogP contribution in [-0.4, -0.2) is 13.7 Å². The average molecular weight is 135 g/mol. The predicted octanol–water partition coefficient (Wildman–Crippen LogP) is -0.317. The van der Waals surface area contributed by atoms with Crippen molar-refractivity contribution in [1.29, 1.82) is 0 Å². The van der Waals surface area contributed by atoms with Crippen LogP contribution < -0.4 is 5.14 Å². The van der Waals surface area contributed by atoms with E-state index in [0.717, 1.165) is 6.42 Å². The summed E-state index contributed by atoms with van der Waals surface area (Å²) in [7, 11) is -3.18. The normalized spacial score (nSPS) is 37.2. The standard InChI is InChI=1S/C4H9NO2S/c1-3-2-4(3)8(5,6)7/h3-4H,2H2,1H3,(H2,5,6,7)/t3-,4?/m0/s1. The third kappa shape index (κ3) is 1.00. The van der Waals surface area contributed by atoms with Crippen LogP contribution in [0.15, 0.2) is 0 Å². The van der Waals surface area contributed by atoms with Gasteiger partial charge in [-0.25, -0.2) is 13.6 Å². The molecule has 48 valence electrons. The molecule has 1 saturated carbocycles. The molecule has 0 aromatic carbocycles. The van der Waals surface area contributed by atoms with Gasteiger partial charge in [-0.2, -0.15) is 0 Å². The number of primary sulfonamides is 1. The number of sulfonamides is 1. The second kappa shape index (κ2) is 1.45. The summed E-state index contributed by atoms with van der Waals surface area (Å²) in [5, 5.41) is 4.57. The van der Waals surface area contributed by atoms with E-state index < -0.39 is 10.0 Å². The van der Waals surface area contributed by atoms with Crippen LogP contribution in [0.1, 0.15) is 13.3 Å². The minimum absolute atomic E-state index is 0.234. The summed E-state index contributed by atoms with van der Waals surface area (Å²) in [5.41, 5.74) is 0. The molecule has 1 fully saturated rings. The Hall–Kier alpha value is -0.0900. The highest BCUT2D eigenvalue weighted by Gasteiger charge is 2.41. The summed E-state index contributed by atoms with van der Waals surface area (Å²) in [5.74, 6) is 0.296. The van der Waals surface area contributed by atoms with E-state index in [1.807, 2.05) is 6.92 Å². The lowest BCUT2D eigenvalue weighted by atomic mass is 10.5. The molecule has 1 aliphatic carbocycles. The van der Waals surface area contributed by atoms with Crippen LogP contribution in [-0.2, 0) is 10.0 Å². The summed E-state index contributed by atoms with van der Waals surface area (Å²) in [6.07, 6.45) is 0.749. The highest BCUT2D eigenvalue weighted by molar-refractivity contribution is 7.90. The molecule has 0 aliphatic heterocycles. The fourth-order valence-corrected chi connectivity index (χ4v) is 1.97. The second-order valence-corrected chi connectivity index (χ2v) is 4.12. The topological polar surface area (TPSA) is 60.2 Å². The van der Waals surface area contributed by atoms with Gasteiger partial charge in [-0.1, -0.05) is 6.92 Å². The van der Waals surface area contributed by atoms with Crippen molar-refractivity contribution in [2.75, 3.05) is 0 Å². The molecular weight excluding hydrogens is 126 g/mol. The zero-order chi connectivity index (χ0) is 6.36. The van der Waals surface area contributed by atoms with Gasteiger partial charge in [0.1, 0.15) is 0 Å². The van der Waals surface area contributed by atoms with E-state index in [2.05, 4.69) is 0 Å². The molecule has 1 aliphatic rings. The first kappa shape index (κ1) is 6.04. The lowest BCUT2D eigenvalue weighted by Crippen LogP contribution is -2.18. The molecule has 2 N–H and O–H groups in total. The van der Waals surface area contributed by atoms with Gasteiger partial charge in [-0.05, 0) is 12.3 Å². The van der Waals surface area contributed by atoms with Crippen LogP contribution in [0.2, 0.25) is 0 Å². The third-order valence-electron chi connectivity index (χ3n) is 1.46. The van der Waals surface area contributed by atoms with E-state index in [-0.39, 0.29) is 5.25 Å². The van der Waals surface area contributed by atoms with Crippen LogP contribution in [0.3, 0.4) is 0 Å². The predicted molar refractivity (Wildman–Crippen MR) is 30.7 cm³/mol. The van der Waals surface area contributed by atoms with Crippen LogP contribution in [0.4, 0.5) is 0 Å². The SMILES string of the molecule is C[C@H]1CC1S(N)(=O)=O. The molecule has 0 bridgehead atoms. The molecule has 0 aromatic rings. The Morgan fingerprint density at radius 1 is 1.62 bits per heavy atom. The molecule has 1 unspecified atom stereocenters. The first-order valence-electron chi connectivity index (χ1n) is 2.53. The first-order valence-corrected chi connectivity index (χ1v) is 4.14. The van der Waals surface area contributed by atoms with Crippen molar-refractivity contribution in [2.24, 2.45) is 11.1 Å². The fraction of sp³-hybridized carbons (Fsp3) is 1.00. The monoisotopic (exact) mass is 135 g/mol. The smallest absolute Gasteiger partial charge is 0.212 e. The summed E-state index contributed by atoms with van der Waals surface area (Å²) < 4.78 is 20.8. The number of hydrogen-bond donors (Lipinski definition) is 1. The van der Waals surface area contributed by atoms with Gasteiger partial charge in [-0.15, -0.1) is 0 Å². The molecule has 0 aromatic heterocycles. The van der Waals surface area contributed by atoms with E-state index in [4.69, 9.17) is 5.14 Å². The molecule has 2 atom stereocenters. The Bertz CT molecular complexity index is 184. The molecule has 0 spiro atoms. The minimum Gasteiger partial charge on any atom is -0.228 e. The van der Waals surface area contributed by atoms with E-state index in [9.17, 15) is 8.42 Å². The highest BCUT2D eigenvalue weighted by atomic mass is 32.2. The molecule has 0 radical (unpaired) electrons. The minimum atomic E-state index is -3.18. The van der Waals surface area contributed by atoms with Crippen molar-refractivity contribution in [3.63, 3.8) is 0 Å². The third-order valence-corrected chi connectivity index (χ3v) is 2.96. The quantitative estimate of drug-likeness (QED) is 0.535. The van der Waals surface area contributed by atoms with Gasteiger partial charge in [0.15, 0.2) is 0 Å². The van der Waals surface area contributed by atoms with Crippen LogP contribution >= 0.6 is 0 Å². The maximum Gasteiger partial charge on any atom is 0.212 e. The van der Waals surface area contributed by atoms with Crippen molar-refractivity contribution in [1.82, 2.24) is 0 Å². The number of nitrogens with two attached hydrogens (primary N) is 1. The van der Waals surface area contributed by atoms with Gasteiger partial charge in [0.05, 0.1) is 5.25 Å². The molecule has 0 amide bonds. The van der Waals surface area contributed by atoms with Crippen molar-refractivity contribution in [3.8, 4) is 0 Å². The fourth-order valence-electron chi connectivity index (χ4n) is 0.746. The summed E-state index contributed by atoms with van der Waals surface area (Å²) in [6.45, 7) is 1.88. The maximum atomic E-state index is 10.4. The Morgan fingerprint density at radius 2 is 2.00 bits per heavy atom. The van der Waals surface area contributed by atoms with E-state index >= 15 is 0 Å². The van der Waals surface area contributed by atoms with Crippen molar-refractivity contribution >= 4 is 10.0 Å². The average Bonchev–Trinajstić information content (AvgIpc) is 2.13. The zero-order valence-electron chi connectivity index (χ0n) is 4.66. The van der Waals surface area contributed by atoms with Crippen LogP contribution in [0, 0.1) is 5.92 Å². The largest absolute Gasteiger partial charge is 0.228 e. The van der Waals surface area contributed by atoms with Crippen molar-refractivity contribution in [2.45, 2.75) is 18.6 Å². The summed E-state index contributed by atoms with van der Waals surface area (Å²) in [6, 6.07) is 0. The molecular formula is C4H9NO2S. The van der Waals surface area contributed by atoms with Crippen LogP contribution in [0.5, 0.6) is 0 Å². The number of hydrogen-bond acceptors (Lipinski definition) is 2. The Morgan fingerprint density at radius 3 is 2.00 bits per heavy atom. The summed E-state index contributed by atoms with van der Waals surface area (Å²) in [4.78, 5) is 0. The van der Waals surface area contributed by atoms with Gasteiger partial charge >= 0.3 is 0 Å². The van der Waals surface area contributed by atoms with Gasteiger partial charge in [0, 0.05) is 0 Å². The van der Waals surface area contributed by atoms with Gasteiger partial charge < -0.3 is 0 Å². The second-order valence-electron chi connectivity index (χ2n) is 2.34. The lowest BCUT2D eigenvalue weighted by molar-refractivity contribution is 0.594. The Balaban J connectivity index is 2.66. The van der Waals surface area contributed by atoms with Gasteiger partial charge in [-0.3, -0.25) is 0 Å². The maximum absolute atomic E-state index is 10.4. The summed E-state index contributed by atoms with van der Waals surface area (Å²) >= 11 is 0. The van der Waals surface area contributed by atoms with Gasteiger partial charge in [0.2, 0.25) is 10.0 Å². The lowest BCUT2D eigenvalue weighted by Gasteiger charge is -1.87. The molecule has 0 heterocycles. The van der Waals surface area contributed by atoms with Crippen molar-refractivity contribution in [3.05, 3.63) is 0 Å². The van der Waals surface area contributed by atoms with E-state index in [0.29, 0.717) is 5.92 Å². The molecule has 4 heteroatoms. The highest BCUT2D eigenvalue weighted by Crippen LogP contribution is 2.34. The first-order chi connectivity index (χ1) is 3.52. The van der Waals surface area contributed by atoms with E-state index in [1.165, 1.54) is 0 Å². The molecule has 8 heavy (non-hydrogen) atoms. The molecule has 3 nitrogen and oxygen atoms in total. The Labute approximate surface area is 48.9 Å². The van der Waals surface area contributed by atoms with Crippen LogP contribution in [0.25, 0.3) is 0 Å². The molecule has 0 saturated heterocycles. The van der Waals surface area contributed by atoms with Gasteiger partial charge in [0.25, 0.3) is 0 Å². The Kier molecular flexibility index (Phi) is 1.09. The van der Waals surface area contributed by atoms with E-state index in [1.54, 1.807) is 0 Å². The zero-order valence-corrected chi connectivity index (χ0v) is 5.48. The van der Waals surface area contributed by atoms with Crippen molar-refractivity contribution < 1.29 is 8.42 Å². The molecule has 1 rings (SSSR count).